The second-order valence-electron chi connectivity index (χ2n) is 8.48. The highest BCUT2D eigenvalue weighted by Gasteiger charge is 2.61. The number of hydrogen-bond donors (Lipinski definition) is 0. The van der Waals surface area contributed by atoms with Gasteiger partial charge < -0.3 is 9.47 Å². The van der Waals surface area contributed by atoms with E-state index in [1.165, 1.54) is 31.3 Å². The molecule has 0 N–H and O–H groups in total. The van der Waals surface area contributed by atoms with Gasteiger partial charge in [-0.15, -0.1) is 0 Å². The summed E-state index contributed by atoms with van der Waals surface area (Å²) >= 11 is 0. The molecule has 1 unspecified atom stereocenters. The minimum Gasteiger partial charge on any atom is -0.382 e. The van der Waals surface area contributed by atoms with Gasteiger partial charge in [0.25, 0.3) is 0 Å². The summed E-state index contributed by atoms with van der Waals surface area (Å²) in [7, 11) is 3.67. The van der Waals surface area contributed by atoms with Crippen molar-refractivity contribution >= 4 is 5.78 Å². The molecule has 0 aromatic heterocycles. The van der Waals surface area contributed by atoms with Crippen LogP contribution in [0.3, 0.4) is 0 Å². The highest BCUT2D eigenvalue weighted by molar-refractivity contribution is 5.93. The Bertz CT molecular complexity index is 617. The van der Waals surface area contributed by atoms with Gasteiger partial charge in [0.1, 0.15) is 0 Å². The quantitative estimate of drug-likeness (QED) is 0.777. The molecule has 3 nitrogen and oxygen atoms in total. The summed E-state index contributed by atoms with van der Waals surface area (Å²) in [6, 6.07) is 0. The third-order valence-electron chi connectivity index (χ3n) is 7.79. The highest BCUT2D eigenvalue weighted by atomic mass is 16.5. The fraction of sp³-hybridized carbons (Fsp3) is 0.762. The molecule has 0 amide bonds. The molecule has 4 atom stereocenters. The van der Waals surface area contributed by atoms with E-state index in [4.69, 9.17) is 9.47 Å². The van der Waals surface area contributed by atoms with E-state index in [1.54, 1.807) is 18.3 Å². The largest absolute Gasteiger partial charge is 0.382 e. The van der Waals surface area contributed by atoms with E-state index < -0.39 is 0 Å². The summed E-state index contributed by atoms with van der Waals surface area (Å²) in [6.07, 6.45) is 10.6. The predicted octanol–water partition coefficient (Wildman–Crippen LogP) is 4.22. The summed E-state index contributed by atoms with van der Waals surface area (Å²) in [5.74, 6) is 1.72. The van der Waals surface area contributed by atoms with Crippen molar-refractivity contribution in [3.8, 4) is 0 Å². The van der Waals surface area contributed by atoms with Crippen LogP contribution < -0.4 is 0 Å². The molecule has 0 spiro atoms. The van der Waals surface area contributed by atoms with Crippen molar-refractivity contribution in [2.75, 3.05) is 20.8 Å². The van der Waals surface area contributed by atoms with E-state index in [0.29, 0.717) is 30.6 Å². The number of allylic oxidation sites excluding steroid dienone is 4. The lowest BCUT2D eigenvalue weighted by molar-refractivity contribution is -0.147. The molecule has 2 saturated carbocycles. The molecule has 4 aliphatic rings. The van der Waals surface area contributed by atoms with Crippen LogP contribution >= 0.6 is 0 Å². The van der Waals surface area contributed by atoms with Gasteiger partial charge in [-0.3, -0.25) is 4.79 Å². The summed E-state index contributed by atoms with van der Waals surface area (Å²) in [6.45, 7) is 3.15. The minimum atomic E-state index is -0.124. The van der Waals surface area contributed by atoms with Crippen molar-refractivity contribution in [1.82, 2.24) is 0 Å². The van der Waals surface area contributed by atoms with Crippen molar-refractivity contribution in [1.29, 1.82) is 0 Å². The second kappa shape index (κ2) is 5.81. The lowest BCUT2D eigenvalue weighted by Gasteiger charge is -2.53. The Balaban J connectivity index is 1.71. The van der Waals surface area contributed by atoms with Crippen LogP contribution in [0.5, 0.6) is 0 Å². The molecule has 4 rings (SSSR count). The molecule has 0 aromatic rings. The Morgan fingerprint density at radius 2 is 1.96 bits per heavy atom. The van der Waals surface area contributed by atoms with Crippen LogP contribution in [0.2, 0.25) is 0 Å². The maximum atomic E-state index is 11.8. The molecule has 0 saturated heterocycles. The number of ketones is 1. The Hall–Kier alpha value is -0.930. The maximum Gasteiger partial charge on any atom is 0.156 e. The Labute approximate surface area is 145 Å². The van der Waals surface area contributed by atoms with Crippen molar-refractivity contribution in [2.45, 2.75) is 63.9 Å². The standard InChI is InChI=1S/C21H30O3/c1-20-10-8-17-16-7-5-15(22)12-14(16)4-6-18(17)19(20)9-11-21(20,24-3)13-23-2/h12,18-19H,4-11,13H2,1-3H3/t18-,19+,20+,21?/m1/s1. The van der Waals surface area contributed by atoms with Crippen LogP contribution in [0.1, 0.15) is 58.3 Å². The van der Waals surface area contributed by atoms with E-state index >= 15 is 0 Å². The molecule has 132 valence electrons. The number of rotatable bonds is 3. The average molecular weight is 330 g/mol. The minimum absolute atomic E-state index is 0.124. The summed E-state index contributed by atoms with van der Waals surface area (Å²) in [5.41, 5.74) is 4.68. The normalized spacial score (nSPS) is 41.6. The zero-order valence-electron chi connectivity index (χ0n) is 15.3. The van der Waals surface area contributed by atoms with Crippen LogP contribution in [0.15, 0.2) is 22.8 Å². The number of hydrogen-bond acceptors (Lipinski definition) is 3. The lowest BCUT2D eigenvalue weighted by Crippen LogP contribution is -2.53. The van der Waals surface area contributed by atoms with Gasteiger partial charge >= 0.3 is 0 Å². The first kappa shape index (κ1) is 16.5. The second-order valence-corrected chi connectivity index (χ2v) is 8.48. The third kappa shape index (κ3) is 2.13. The molecule has 0 bridgehead atoms. The lowest BCUT2D eigenvalue weighted by atomic mass is 9.55. The van der Waals surface area contributed by atoms with E-state index in [2.05, 4.69) is 6.92 Å². The van der Waals surface area contributed by atoms with Crippen LogP contribution in [0.4, 0.5) is 0 Å². The summed E-state index contributed by atoms with van der Waals surface area (Å²) in [5, 5.41) is 0. The first-order valence-corrected chi connectivity index (χ1v) is 9.54. The van der Waals surface area contributed by atoms with Crippen LogP contribution in [0, 0.1) is 17.3 Å². The summed E-state index contributed by atoms with van der Waals surface area (Å²) < 4.78 is 11.7. The molecule has 24 heavy (non-hydrogen) atoms. The van der Waals surface area contributed by atoms with Gasteiger partial charge in [0.15, 0.2) is 5.78 Å². The maximum absolute atomic E-state index is 11.8. The molecule has 0 heterocycles. The van der Waals surface area contributed by atoms with E-state index in [1.807, 2.05) is 13.2 Å². The first-order chi connectivity index (χ1) is 11.5. The zero-order valence-corrected chi connectivity index (χ0v) is 15.3. The number of ether oxygens (including phenoxy) is 2. The van der Waals surface area contributed by atoms with Gasteiger partial charge in [0.2, 0.25) is 0 Å². The first-order valence-electron chi connectivity index (χ1n) is 9.54. The van der Waals surface area contributed by atoms with Gasteiger partial charge in [-0.2, -0.15) is 0 Å². The number of carbonyl (C=O) groups excluding carboxylic acids is 1. The highest BCUT2D eigenvalue weighted by Crippen LogP contribution is 2.64. The van der Waals surface area contributed by atoms with Crippen molar-refractivity contribution < 1.29 is 14.3 Å². The van der Waals surface area contributed by atoms with Gasteiger partial charge in [-0.1, -0.05) is 12.5 Å². The Morgan fingerprint density at radius 1 is 1.12 bits per heavy atom. The molecule has 0 aliphatic heterocycles. The zero-order chi connectivity index (χ0) is 16.9. The van der Waals surface area contributed by atoms with Crippen LogP contribution in [-0.4, -0.2) is 32.2 Å². The predicted molar refractivity (Wildman–Crippen MR) is 93.8 cm³/mol. The van der Waals surface area contributed by atoms with Crippen molar-refractivity contribution in [3.63, 3.8) is 0 Å². The SMILES string of the molecule is COCC1(OC)CC[C@H]2[C@@H]3CCC4=CC(=O)CCC4=C3CC[C@@]21C. The molecular formula is C21H30O3. The molecule has 3 heteroatoms. The molecule has 0 aromatic carbocycles. The van der Waals surface area contributed by atoms with Crippen LogP contribution in [-0.2, 0) is 14.3 Å². The average Bonchev–Trinajstić information content (AvgIpc) is 2.88. The van der Waals surface area contributed by atoms with Gasteiger partial charge in [-0.25, -0.2) is 0 Å². The number of carbonyl (C=O) groups is 1. The smallest absolute Gasteiger partial charge is 0.156 e. The monoisotopic (exact) mass is 330 g/mol. The molecular weight excluding hydrogens is 300 g/mol. The molecule has 4 aliphatic carbocycles. The van der Waals surface area contributed by atoms with Gasteiger partial charge in [0.05, 0.1) is 12.2 Å². The molecule has 0 radical (unpaired) electrons. The number of methoxy groups -OCH3 is 2. The van der Waals surface area contributed by atoms with Gasteiger partial charge in [0, 0.05) is 26.1 Å². The number of fused-ring (bicyclic) bond motifs is 4. The van der Waals surface area contributed by atoms with Gasteiger partial charge in [-0.05, 0) is 74.0 Å². The fourth-order valence-electron chi connectivity index (χ4n) is 6.49. The molecule has 2 fully saturated rings. The summed E-state index contributed by atoms with van der Waals surface area (Å²) in [4.78, 5) is 11.8. The van der Waals surface area contributed by atoms with Crippen molar-refractivity contribution in [3.05, 3.63) is 22.8 Å². The van der Waals surface area contributed by atoms with E-state index in [9.17, 15) is 4.79 Å². The van der Waals surface area contributed by atoms with Crippen molar-refractivity contribution in [2.24, 2.45) is 17.3 Å². The van der Waals surface area contributed by atoms with Crippen LogP contribution in [0.25, 0.3) is 0 Å². The topological polar surface area (TPSA) is 35.5 Å². The van der Waals surface area contributed by atoms with E-state index in [-0.39, 0.29) is 11.0 Å². The van der Waals surface area contributed by atoms with E-state index in [0.717, 1.165) is 19.3 Å². The Kier molecular flexibility index (Phi) is 4.00. The Morgan fingerprint density at radius 3 is 2.71 bits per heavy atom. The fourth-order valence-corrected chi connectivity index (χ4v) is 6.49. The third-order valence-corrected chi connectivity index (χ3v) is 7.79.